The highest BCUT2D eigenvalue weighted by atomic mass is 19.3. The molecule has 0 spiro atoms. The minimum atomic E-state index is -3.61. The number of aliphatic hydroxyl groups is 1. The highest BCUT2D eigenvalue weighted by molar-refractivity contribution is 5.10. The fourth-order valence-corrected chi connectivity index (χ4v) is 1.30. The van der Waals surface area contributed by atoms with Gasteiger partial charge in [0.05, 0.1) is 0 Å². The van der Waals surface area contributed by atoms with Crippen molar-refractivity contribution in [3.63, 3.8) is 0 Å². The Kier molecular flexibility index (Phi) is 2.42. The number of allylic oxidation sites excluding steroid dienone is 1. The molecule has 13 heavy (non-hydrogen) atoms. The van der Waals surface area contributed by atoms with Gasteiger partial charge < -0.3 is 9.84 Å². The summed E-state index contributed by atoms with van der Waals surface area (Å²) in [4.78, 5) is 0. The molecule has 0 radical (unpaired) electrons. The summed E-state index contributed by atoms with van der Waals surface area (Å²) in [5.74, 6) is -3.61. The number of alkyl halides is 3. The van der Waals surface area contributed by atoms with Gasteiger partial charge >= 0.3 is 5.92 Å². The Bertz CT molecular complexity index is 225. The third kappa shape index (κ3) is 1.58. The van der Waals surface area contributed by atoms with Crippen LogP contribution >= 0.6 is 0 Å². The van der Waals surface area contributed by atoms with Gasteiger partial charge in [-0.2, -0.15) is 8.78 Å². The third-order valence-electron chi connectivity index (χ3n) is 1.94. The normalized spacial score (nSPS) is 37.1. The first kappa shape index (κ1) is 10.5. The lowest BCUT2D eigenvalue weighted by molar-refractivity contribution is -0.385. The molecule has 0 aromatic carbocycles. The van der Waals surface area contributed by atoms with Gasteiger partial charge in [0.25, 0.3) is 6.36 Å². The molecule has 0 aromatic rings. The second-order valence-corrected chi connectivity index (χ2v) is 3.23. The fourth-order valence-electron chi connectivity index (χ4n) is 1.30. The lowest BCUT2D eigenvalue weighted by atomic mass is 9.89. The van der Waals surface area contributed by atoms with Gasteiger partial charge in [-0.25, -0.2) is 4.39 Å². The van der Waals surface area contributed by atoms with Crippen molar-refractivity contribution in [1.82, 2.24) is 0 Å². The Labute approximate surface area is 74.0 Å². The zero-order valence-corrected chi connectivity index (χ0v) is 7.30. The van der Waals surface area contributed by atoms with Crippen LogP contribution in [0.25, 0.3) is 0 Å². The molecule has 1 aliphatic heterocycles. The molecule has 1 N–H and O–H groups in total. The molecular weight excluding hydrogens is 185 g/mol. The SMILES string of the molecule is CC=CC(C)(O)C1OC(F)C1(F)F. The lowest BCUT2D eigenvalue weighted by Gasteiger charge is -2.45. The molecule has 0 aliphatic carbocycles. The molecular formula is C8H11F3O2. The summed E-state index contributed by atoms with van der Waals surface area (Å²) in [6.45, 7) is 2.72. The molecule has 0 aromatic heterocycles. The molecule has 76 valence electrons. The average Bonchev–Trinajstić information content (AvgIpc) is 1.99. The molecule has 1 aliphatic rings. The smallest absolute Gasteiger partial charge is 0.331 e. The van der Waals surface area contributed by atoms with E-state index in [1.807, 2.05) is 0 Å². The fraction of sp³-hybridized carbons (Fsp3) is 0.750. The molecule has 5 heteroatoms. The molecule has 1 saturated heterocycles. The van der Waals surface area contributed by atoms with Crippen molar-refractivity contribution >= 4 is 0 Å². The molecule has 3 unspecified atom stereocenters. The van der Waals surface area contributed by atoms with Crippen molar-refractivity contribution in [3.8, 4) is 0 Å². The van der Waals surface area contributed by atoms with E-state index >= 15 is 0 Å². The molecule has 0 amide bonds. The summed E-state index contributed by atoms with van der Waals surface area (Å²) in [7, 11) is 0. The van der Waals surface area contributed by atoms with Gasteiger partial charge in [0.1, 0.15) is 5.60 Å². The maximum Gasteiger partial charge on any atom is 0.331 e. The van der Waals surface area contributed by atoms with Crippen LogP contribution in [0.1, 0.15) is 13.8 Å². The van der Waals surface area contributed by atoms with Crippen LogP contribution in [0.4, 0.5) is 13.2 Å². The van der Waals surface area contributed by atoms with Gasteiger partial charge in [-0.3, -0.25) is 0 Å². The molecule has 3 atom stereocenters. The minimum Gasteiger partial charge on any atom is -0.383 e. The van der Waals surface area contributed by atoms with Crippen molar-refractivity contribution in [1.29, 1.82) is 0 Å². The van der Waals surface area contributed by atoms with Gasteiger partial charge in [-0.1, -0.05) is 12.2 Å². The van der Waals surface area contributed by atoms with Crippen LogP contribution in [0.3, 0.4) is 0 Å². The Morgan fingerprint density at radius 1 is 1.54 bits per heavy atom. The van der Waals surface area contributed by atoms with E-state index in [-0.39, 0.29) is 0 Å². The third-order valence-corrected chi connectivity index (χ3v) is 1.94. The Hall–Kier alpha value is -0.550. The summed E-state index contributed by atoms with van der Waals surface area (Å²) in [6.07, 6.45) is -1.84. The highest BCUT2D eigenvalue weighted by Gasteiger charge is 2.66. The Morgan fingerprint density at radius 3 is 2.38 bits per heavy atom. The van der Waals surface area contributed by atoms with E-state index in [0.29, 0.717) is 0 Å². The second kappa shape index (κ2) is 2.99. The quantitative estimate of drug-likeness (QED) is 0.680. The summed E-state index contributed by atoms with van der Waals surface area (Å²) >= 11 is 0. The Balaban J connectivity index is 2.76. The maximum atomic E-state index is 12.7. The van der Waals surface area contributed by atoms with E-state index in [2.05, 4.69) is 4.74 Å². The van der Waals surface area contributed by atoms with E-state index in [0.717, 1.165) is 13.0 Å². The van der Waals surface area contributed by atoms with E-state index in [1.54, 1.807) is 6.92 Å². The number of hydrogen-bond donors (Lipinski definition) is 1. The summed E-state index contributed by atoms with van der Waals surface area (Å²) in [5.41, 5.74) is -1.83. The van der Waals surface area contributed by atoms with Crippen LogP contribution in [-0.2, 0) is 4.74 Å². The number of hydrogen-bond acceptors (Lipinski definition) is 2. The largest absolute Gasteiger partial charge is 0.383 e. The average molecular weight is 196 g/mol. The number of ether oxygens (including phenoxy) is 1. The van der Waals surface area contributed by atoms with Gasteiger partial charge in [-0.15, -0.1) is 0 Å². The van der Waals surface area contributed by atoms with Gasteiger partial charge in [-0.05, 0) is 13.8 Å². The molecule has 0 saturated carbocycles. The van der Waals surface area contributed by atoms with Crippen molar-refractivity contribution < 1.29 is 23.0 Å². The van der Waals surface area contributed by atoms with Gasteiger partial charge in [0.15, 0.2) is 6.10 Å². The van der Waals surface area contributed by atoms with Crippen LogP contribution in [-0.4, -0.2) is 29.1 Å². The molecule has 1 rings (SSSR count). The van der Waals surface area contributed by atoms with E-state index in [1.165, 1.54) is 6.08 Å². The summed E-state index contributed by atoms with van der Waals surface area (Å²) < 4.78 is 41.8. The number of halogens is 3. The molecule has 1 fully saturated rings. The van der Waals surface area contributed by atoms with Gasteiger partial charge in [0.2, 0.25) is 0 Å². The molecule has 1 heterocycles. The van der Waals surface area contributed by atoms with E-state index in [9.17, 15) is 18.3 Å². The van der Waals surface area contributed by atoms with Crippen molar-refractivity contribution in [3.05, 3.63) is 12.2 Å². The minimum absolute atomic E-state index is 1.15. The second-order valence-electron chi connectivity index (χ2n) is 3.23. The van der Waals surface area contributed by atoms with Crippen molar-refractivity contribution in [2.75, 3.05) is 0 Å². The first-order chi connectivity index (χ1) is 5.82. The standard InChI is InChI=1S/C8H11F3O2/c1-3-4-7(2,12)5-8(10,11)6(9)13-5/h3-6,12H,1-2H3. The van der Waals surface area contributed by atoms with E-state index < -0.39 is 24.0 Å². The van der Waals surface area contributed by atoms with Crippen LogP contribution < -0.4 is 0 Å². The zero-order chi connectivity index (χ0) is 10.3. The predicted molar refractivity (Wildman–Crippen MR) is 40.2 cm³/mol. The van der Waals surface area contributed by atoms with E-state index in [4.69, 9.17) is 0 Å². The topological polar surface area (TPSA) is 29.5 Å². The monoisotopic (exact) mass is 196 g/mol. The first-order valence-corrected chi connectivity index (χ1v) is 3.86. The zero-order valence-electron chi connectivity index (χ0n) is 7.30. The number of rotatable bonds is 2. The summed E-state index contributed by atoms with van der Waals surface area (Å²) in [5, 5.41) is 9.43. The maximum absolute atomic E-state index is 12.7. The van der Waals surface area contributed by atoms with Gasteiger partial charge in [0, 0.05) is 0 Å². The van der Waals surface area contributed by atoms with Crippen LogP contribution in [0, 0.1) is 0 Å². The predicted octanol–water partition coefficient (Wildman–Crippen LogP) is 1.64. The lowest BCUT2D eigenvalue weighted by Crippen LogP contribution is -2.66. The first-order valence-electron chi connectivity index (χ1n) is 3.86. The molecule has 2 nitrogen and oxygen atoms in total. The highest BCUT2D eigenvalue weighted by Crippen LogP contribution is 2.44. The van der Waals surface area contributed by atoms with Crippen molar-refractivity contribution in [2.45, 2.75) is 37.8 Å². The van der Waals surface area contributed by atoms with Crippen LogP contribution in [0.2, 0.25) is 0 Å². The molecule has 0 bridgehead atoms. The Morgan fingerprint density at radius 2 is 2.08 bits per heavy atom. The van der Waals surface area contributed by atoms with Crippen molar-refractivity contribution in [2.24, 2.45) is 0 Å². The summed E-state index contributed by atoms with van der Waals surface area (Å²) in [6, 6.07) is 0. The van der Waals surface area contributed by atoms with Crippen LogP contribution in [0.5, 0.6) is 0 Å². The van der Waals surface area contributed by atoms with Crippen LogP contribution in [0.15, 0.2) is 12.2 Å².